The van der Waals surface area contributed by atoms with Gasteiger partial charge in [0.2, 0.25) is 0 Å². The van der Waals surface area contributed by atoms with Gasteiger partial charge in [0.1, 0.15) is 17.1 Å². The Morgan fingerprint density at radius 2 is 2.09 bits per heavy atom. The van der Waals surface area contributed by atoms with E-state index in [1.54, 1.807) is 17.0 Å². The Morgan fingerprint density at radius 1 is 1.22 bits per heavy atom. The first-order chi connectivity index (χ1) is 15.6. The van der Waals surface area contributed by atoms with Crippen LogP contribution in [0.3, 0.4) is 0 Å². The second kappa shape index (κ2) is 7.37. The maximum absolute atomic E-state index is 14.6. The van der Waals surface area contributed by atoms with Crippen LogP contribution >= 0.6 is 0 Å². The van der Waals surface area contributed by atoms with E-state index in [2.05, 4.69) is 33.0 Å². The summed E-state index contributed by atoms with van der Waals surface area (Å²) in [5.41, 5.74) is 2.73. The van der Waals surface area contributed by atoms with Crippen LogP contribution < -0.4 is 5.32 Å². The minimum atomic E-state index is -0.453. The van der Waals surface area contributed by atoms with Gasteiger partial charge < -0.3 is 15.0 Å². The number of urea groups is 1. The first-order valence-corrected chi connectivity index (χ1v) is 11.0. The third kappa shape index (κ3) is 3.24. The summed E-state index contributed by atoms with van der Waals surface area (Å²) < 4.78 is 22.2. The lowest BCUT2D eigenvalue weighted by Crippen LogP contribution is -2.52. The van der Waals surface area contributed by atoms with Crippen LogP contribution in [0, 0.1) is 5.82 Å². The second-order valence-electron chi connectivity index (χ2n) is 8.74. The van der Waals surface area contributed by atoms with Crippen molar-refractivity contribution in [2.45, 2.75) is 37.2 Å². The van der Waals surface area contributed by atoms with Crippen molar-refractivity contribution in [2.24, 2.45) is 0 Å². The monoisotopic (exact) mass is 434 g/mol. The molecule has 6 rings (SSSR count). The van der Waals surface area contributed by atoms with E-state index in [1.165, 1.54) is 21.9 Å². The zero-order valence-corrected chi connectivity index (χ0v) is 17.5. The first kappa shape index (κ1) is 19.4. The number of tetrazole rings is 1. The van der Waals surface area contributed by atoms with Crippen LogP contribution in [-0.4, -0.2) is 50.8 Å². The fraction of sp³-hybridized carbons (Fsp3) is 0.391. The molecule has 1 N–H and O–H groups in total. The number of aromatic nitrogens is 4. The molecule has 2 heterocycles. The maximum Gasteiger partial charge on any atom is 0.322 e. The van der Waals surface area contributed by atoms with Gasteiger partial charge in [0, 0.05) is 18.2 Å². The molecule has 1 aliphatic heterocycles. The molecular formula is C23H23FN6O2. The molecule has 2 amide bonds. The summed E-state index contributed by atoms with van der Waals surface area (Å²) in [6, 6.07) is 12.5. The van der Waals surface area contributed by atoms with Gasteiger partial charge in [-0.15, -0.1) is 5.10 Å². The molecule has 1 saturated carbocycles. The number of nitrogens with zero attached hydrogens (tertiary/aromatic N) is 5. The van der Waals surface area contributed by atoms with E-state index in [9.17, 15) is 9.18 Å². The highest BCUT2D eigenvalue weighted by Gasteiger charge is 2.44. The van der Waals surface area contributed by atoms with Crippen molar-refractivity contribution >= 4 is 11.7 Å². The number of aryl methyl sites for hydroxylation is 1. The molecule has 0 bridgehead atoms. The molecule has 1 spiro atoms. The molecule has 3 aromatic rings. The lowest BCUT2D eigenvalue weighted by Gasteiger charge is -2.41. The zero-order valence-electron chi connectivity index (χ0n) is 17.5. The molecule has 164 valence electrons. The fourth-order valence-electron chi connectivity index (χ4n) is 4.84. The summed E-state index contributed by atoms with van der Waals surface area (Å²) in [5, 5.41) is 14.6. The number of halogens is 1. The van der Waals surface area contributed by atoms with E-state index in [4.69, 9.17) is 4.74 Å². The highest BCUT2D eigenvalue weighted by atomic mass is 19.1. The van der Waals surface area contributed by atoms with Crippen LogP contribution in [-0.2, 0) is 16.8 Å². The molecule has 1 unspecified atom stereocenters. The molecule has 0 radical (unpaired) electrons. The summed E-state index contributed by atoms with van der Waals surface area (Å²) in [6.07, 6.45) is 3.81. The summed E-state index contributed by atoms with van der Waals surface area (Å²) in [5.74, 6) is 0.481. The van der Waals surface area contributed by atoms with Gasteiger partial charge in [-0.2, -0.15) is 4.68 Å². The Kier molecular flexibility index (Phi) is 4.46. The lowest BCUT2D eigenvalue weighted by molar-refractivity contribution is -0.100. The van der Waals surface area contributed by atoms with Gasteiger partial charge in [-0.1, -0.05) is 24.3 Å². The summed E-state index contributed by atoms with van der Waals surface area (Å²) >= 11 is 0. The van der Waals surface area contributed by atoms with Crippen molar-refractivity contribution in [1.29, 1.82) is 0 Å². The highest BCUT2D eigenvalue weighted by Crippen LogP contribution is 2.42. The Bertz CT molecular complexity index is 1190. The van der Waals surface area contributed by atoms with Crippen LogP contribution in [0.5, 0.6) is 0 Å². The third-order valence-corrected chi connectivity index (χ3v) is 6.64. The van der Waals surface area contributed by atoms with Crippen molar-refractivity contribution < 1.29 is 13.9 Å². The number of amides is 2. The predicted octanol–water partition coefficient (Wildman–Crippen LogP) is 3.38. The fourth-order valence-corrected chi connectivity index (χ4v) is 4.84. The molecular weight excluding hydrogens is 411 g/mol. The molecule has 1 saturated heterocycles. The van der Waals surface area contributed by atoms with Crippen molar-refractivity contribution in [3.8, 4) is 5.69 Å². The number of rotatable bonds is 3. The number of hydrogen-bond acceptors (Lipinski definition) is 5. The van der Waals surface area contributed by atoms with Crippen molar-refractivity contribution in [3.63, 3.8) is 0 Å². The van der Waals surface area contributed by atoms with Crippen LogP contribution in [0.25, 0.3) is 5.69 Å². The lowest BCUT2D eigenvalue weighted by atomic mass is 9.94. The largest absolute Gasteiger partial charge is 0.367 e. The van der Waals surface area contributed by atoms with E-state index in [1.807, 2.05) is 12.1 Å². The molecule has 3 aliphatic rings. The van der Waals surface area contributed by atoms with Gasteiger partial charge in [0.15, 0.2) is 5.82 Å². The van der Waals surface area contributed by atoms with Gasteiger partial charge in [-0.3, -0.25) is 0 Å². The Labute approximate surface area is 184 Å². The van der Waals surface area contributed by atoms with Crippen LogP contribution in [0.2, 0.25) is 0 Å². The standard InChI is InChI=1S/C23H23FN6O2/c24-19-8-7-17(13-20(19)30-21(16-5-6-16)26-27-28-30)25-22(31)29-11-12-32-23(14-29)10-9-15-3-1-2-4-18(15)23/h1-4,7-8,13,16H,5-6,9-12,14H2,(H,25,31). The number of fused-ring (bicyclic) bond motifs is 2. The van der Waals surface area contributed by atoms with Gasteiger partial charge in [0.05, 0.1) is 13.2 Å². The van der Waals surface area contributed by atoms with Crippen LogP contribution in [0.4, 0.5) is 14.9 Å². The average Bonchev–Trinajstić information content (AvgIpc) is 3.45. The highest BCUT2D eigenvalue weighted by molar-refractivity contribution is 5.89. The summed E-state index contributed by atoms with van der Waals surface area (Å²) in [7, 11) is 0. The summed E-state index contributed by atoms with van der Waals surface area (Å²) in [4.78, 5) is 14.9. The molecule has 32 heavy (non-hydrogen) atoms. The van der Waals surface area contributed by atoms with Crippen molar-refractivity contribution in [2.75, 3.05) is 25.0 Å². The molecule has 2 fully saturated rings. The van der Waals surface area contributed by atoms with E-state index < -0.39 is 11.4 Å². The van der Waals surface area contributed by atoms with Gasteiger partial charge in [-0.05, 0) is 65.4 Å². The van der Waals surface area contributed by atoms with E-state index in [0.717, 1.165) is 25.7 Å². The molecule has 2 aromatic carbocycles. The Hall–Kier alpha value is -3.33. The van der Waals surface area contributed by atoms with Gasteiger partial charge in [0.25, 0.3) is 0 Å². The smallest absolute Gasteiger partial charge is 0.322 e. The normalized spacial score (nSPS) is 22.2. The number of carbonyl (C=O) groups is 1. The first-order valence-electron chi connectivity index (χ1n) is 11.0. The minimum absolute atomic E-state index is 0.228. The van der Waals surface area contributed by atoms with E-state index in [0.29, 0.717) is 31.2 Å². The SMILES string of the molecule is O=C(Nc1ccc(F)c(-n2nnnc2C2CC2)c1)N1CCOC2(CCc3ccccc32)C1. The third-order valence-electron chi connectivity index (χ3n) is 6.64. The second-order valence-corrected chi connectivity index (χ2v) is 8.74. The number of benzene rings is 2. The number of ether oxygens (including phenoxy) is 1. The molecule has 1 atom stereocenters. The molecule has 2 aliphatic carbocycles. The number of anilines is 1. The zero-order chi connectivity index (χ0) is 21.7. The quantitative estimate of drug-likeness (QED) is 0.683. The topological polar surface area (TPSA) is 85.2 Å². The van der Waals surface area contributed by atoms with Crippen molar-refractivity contribution in [1.82, 2.24) is 25.1 Å². The Balaban J connectivity index is 1.22. The predicted molar refractivity (Wildman–Crippen MR) is 114 cm³/mol. The number of hydrogen-bond donors (Lipinski definition) is 1. The van der Waals surface area contributed by atoms with E-state index in [-0.39, 0.29) is 17.6 Å². The van der Waals surface area contributed by atoms with Gasteiger partial charge >= 0.3 is 6.03 Å². The molecule has 9 heteroatoms. The number of morpholine rings is 1. The number of nitrogens with one attached hydrogen (secondary N) is 1. The Morgan fingerprint density at radius 3 is 2.97 bits per heavy atom. The maximum atomic E-state index is 14.6. The van der Waals surface area contributed by atoms with E-state index >= 15 is 0 Å². The van der Waals surface area contributed by atoms with Crippen molar-refractivity contribution in [3.05, 3.63) is 65.2 Å². The minimum Gasteiger partial charge on any atom is -0.367 e. The van der Waals surface area contributed by atoms with Gasteiger partial charge in [-0.25, -0.2) is 9.18 Å². The van der Waals surface area contributed by atoms with Crippen LogP contribution in [0.1, 0.15) is 42.1 Å². The molecule has 8 nitrogen and oxygen atoms in total. The average molecular weight is 434 g/mol. The number of carbonyl (C=O) groups excluding carboxylic acids is 1. The van der Waals surface area contributed by atoms with Crippen LogP contribution in [0.15, 0.2) is 42.5 Å². The molecule has 1 aromatic heterocycles. The summed E-state index contributed by atoms with van der Waals surface area (Å²) in [6.45, 7) is 1.47.